The molecule has 1 heterocycles. The van der Waals surface area contributed by atoms with Gasteiger partial charge >= 0.3 is 0 Å². The molecule has 1 aromatic heterocycles. The molecule has 4 heteroatoms. The van der Waals surface area contributed by atoms with Gasteiger partial charge in [0.2, 0.25) is 0 Å². The second-order valence-corrected chi connectivity index (χ2v) is 4.36. The van der Waals surface area contributed by atoms with Crippen molar-refractivity contribution in [2.75, 3.05) is 0 Å². The fourth-order valence-corrected chi connectivity index (χ4v) is 1.74. The molecule has 2 aromatic rings. The molecule has 0 aliphatic rings. The van der Waals surface area contributed by atoms with Crippen LogP contribution in [0.1, 0.15) is 12.5 Å². The molecule has 0 spiro atoms. The van der Waals surface area contributed by atoms with Gasteiger partial charge in [-0.3, -0.25) is 9.59 Å². The van der Waals surface area contributed by atoms with E-state index in [0.717, 1.165) is 5.56 Å². The minimum absolute atomic E-state index is 0.227. The van der Waals surface area contributed by atoms with Crippen LogP contribution < -0.4 is 21.8 Å². The van der Waals surface area contributed by atoms with Gasteiger partial charge in [0.05, 0.1) is 0 Å². The first-order valence-corrected chi connectivity index (χ1v) is 6.60. The third-order valence-electron chi connectivity index (χ3n) is 2.79. The highest BCUT2D eigenvalue weighted by molar-refractivity contribution is 5.56. The number of aromatic nitrogens is 2. The zero-order valence-electron chi connectivity index (χ0n) is 11.7. The minimum Gasteiger partial charge on any atom is -0.316 e. The number of hydrogen-bond donors (Lipinski definition) is 2. The maximum Gasteiger partial charge on any atom is 0.272 e. The molecule has 1 aromatic carbocycles. The highest BCUT2D eigenvalue weighted by Gasteiger charge is 1.92. The lowest BCUT2D eigenvalue weighted by atomic mass is 10.2. The van der Waals surface area contributed by atoms with Crippen molar-refractivity contribution in [1.29, 1.82) is 0 Å². The molecule has 0 amide bonds. The summed E-state index contributed by atoms with van der Waals surface area (Å²) >= 11 is 0. The van der Waals surface area contributed by atoms with Crippen LogP contribution in [-0.2, 0) is 0 Å². The zero-order chi connectivity index (χ0) is 15.1. The van der Waals surface area contributed by atoms with E-state index in [9.17, 15) is 9.59 Å². The van der Waals surface area contributed by atoms with Crippen LogP contribution in [0.25, 0.3) is 18.2 Å². The zero-order valence-corrected chi connectivity index (χ0v) is 11.7. The Labute approximate surface area is 121 Å². The molecular formula is C17H16N2O2. The molecule has 2 N–H and O–H groups in total. The molecule has 106 valence electrons. The van der Waals surface area contributed by atoms with Crippen molar-refractivity contribution >= 4 is 18.2 Å². The van der Waals surface area contributed by atoms with Crippen molar-refractivity contribution in [3.05, 3.63) is 85.5 Å². The van der Waals surface area contributed by atoms with Crippen LogP contribution >= 0.6 is 0 Å². The molecule has 21 heavy (non-hydrogen) atoms. The summed E-state index contributed by atoms with van der Waals surface area (Å²) in [5.41, 5.74) is 0.362. The van der Waals surface area contributed by atoms with E-state index < -0.39 is 0 Å². The van der Waals surface area contributed by atoms with Crippen molar-refractivity contribution in [3.8, 4) is 0 Å². The molecule has 0 aliphatic heterocycles. The molecule has 4 nitrogen and oxygen atoms in total. The monoisotopic (exact) mass is 280 g/mol. The van der Waals surface area contributed by atoms with E-state index >= 15 is 0 Å². The molecule has 0 bridgehead atoms. The van der Waals surface area contributed by atoms with E-state index in [1.165, 1.54) is 0 Å². The second-order valence-electron chi connectivity index (χ2n) is 4.36. The highest BCUT2D eigenvalue weighted by atomic mass is 16.1. The first-order valence-electron chi connectivity index (χ1n) is 6.60. The molecule has 0 radical (unpaired) electrons. The molecule has 0 saturated heterocycles. The van der Waals surface area contributed by atoms with E-state index in [1.54, 1.807) is 30.4 Å². The number of allylic oxidation sites excluding steroid dienone is 3. The number of benzene rings is 1. The minimum atomic E-state index is -0.330. The van der Waals surface area contributed by atoms with Crippen molar-refractivity contribution in [1.82, 2.24) is 9.97 Å². The summed E-state index contributed by atoms with van der Waals surface area (Å²) in [6, 6.07) is 9.70. The summed E-state index contributed by atoms with van der Waals surface area (Å²) in [6.45, 7) is 1.83. The van der Waals surface area contributed by atoms with Crippen LogP contribution in [-0.4, -0.2) is 9.97 Å². The first-order chi connectivity index (χ1) is 10.2. The standard InChI is InChI=1S/C17H16N2O2/c1-2-3-11-14-16(20)19-15(17(21)18-14)12-7-10-13-8-5-4-6-9-13/h2-12H,1H3,(H,18,21)(H,19,20)/b3-2+,10-7+,14-11+,15-12-. The molecule has 0 unspecified atom stereocenters. The van der Waals surface area contributed by atoms with Gasteiger partial charge in [0.1, 0.15) is 10.7 Å². The fraction of sp³-hybridized carbons (Fsp3) is 0.0588. The van der Waals surface area contributed by atoms with Gasteiger partial charge in [-0.2, -0.15) is 0 Å². The summed E-state index contributed by atoms with van der Waals surface area (Å²) in [6.07, 6.45) is 10.2. The van der Waals surface area contributed by atoms with Gasteiger partial charge in [0, 0.05) is 0 Å². The quantitative estimate of drug-likeness (QED) is 0.878. The third-order valence-corrected chi connectivity index (χ3v) is 2.79. The molecule has 2 rings (SSSR count). The lowest BCUT2D eigenvalue weighted by Crippen LogP contribution is -2.46. The molecular weight excluding hydrogens is 264 g/mol. The topological polar surface area (TPSA) is 65.7 Å². The fourth-order valence-electron chi connectivity index (χ4n) is 1.74. The Morgan fingerprint density at radius 2 is 1.43 bits per heavy atom. The Hall–Kier alpha value is -2.88. The average Bonchev–Trinajstić information content (AvgIpc) is 2.50. The van der Waals surface area contributed by atoms with Crippen LogP contribution in [0.15, 0.2) is 58.1 Å². The smallest absolute Gasteiger partial charge is 0.272 e. The van der Waals surface area contributed by atoms with Crippen molar-refractivity contribution in [2.24, 2.45) is 0 Å². The predicted molar refractivity (Wildman–Crippen MR) is 86.2 cm³/mol. The summed E-state index contributed by atoms with van der Waals surface area (Å²) in [7, 11) is 0. The lowest BCUT2D eigenvalue weighted by molar-refractivity contribution is 1.00. The lowest BCUT2D eigenvalue weighted by Gasteiger charge is -1.90. The molecule has 0 atom stereocenters. The van der Waals surface area contributed by atoms with Gasteiger partial charge < -0.3 is 9.97 Å². The first kappa shape index (κ1) is 14.5. The van der Waals surface area contributed by atoms with Crippen LogP contribution in [0.2, 0.25) is 0 Å². The van der Waals surface area contributed by atoms with Gasteiger partial charge in [-0.05, 0) is 24.6 Å². The van der Waals surface area contributed by atoms with Gasteiger partial charge in [0.25, 0.3) is 11.1 Å². The Morgan fingerprint density at radius 1 is 0.857 bits per heavy atom. The number of rotatable bonds is 3. The van der Waals surface area contributed by atoms with Gasteiger partial charge in [-0.25, -0.2) is 0 Å². The van der Waals surface area contributed by atoms with Gasteiger partial charge in [-0.1, -0.05) is 54.6 Å². The summed E-state index contributed by atoms with van der Waals surface area (Å²) in [5, 5.41) is 0.465. The van der Waals surface area contributed by atoms with Crippen molar-refractivity contribution < 1.29 is 0 Å². The second kappa shape index (κ2) is 7.05. The number of H-pyrrole nitrogens is 2. The van der Waals surface area contributed by atoms with E-state index in [0.29, 0.717) is 0 Å². The maximum absolute atomic E-state index is 11.9. The van der Waals surface area contributed by atoms with E-state index in [-0.39, 0.29) is 21.8 Å². The van der Waals surface area contributed by atoms with E-state index in [4.69, 9.17) is 0 Å². The maximum atomic E-state index is 11.9. The van der Waals surface area contributed by atoms with Crippen LogP contribution in [0.5, 0.6) is 0 Å². The Bertz CT molecular complexity index is 885. The summed E-state index contributed by atoms with van der Waals surface area (Å²) in [4.78, 5) is 28.8. The van der Waals surface area contributed by atoms with Crippen LogP contribution in [0, 0.1) is 0 Å². The van der Waals surface area contributed by atoms with Crippen molar-refractivity contribution in [3.63, 3.8) is 0 Å². The van der Waals surface area contributed by atoms with E-state index in [2.05, 4.69) is 9.97 Å². The molecule has 0 aliphatic carbocycles. The average molecular weight is 280 g/mol. The van der Waals surface area contributed by atoms with Crippen molar-refractivity contribution in [2.45, 2.75) is 6.92 Å². The van der Waals surface area contributed by atoms with Gasteiger partial charge in [0.15, 0.2) is 0 Å². The number of hydrogen-bond acceptors (Lipinski definition) is 2. The molecule has 0 saturated carbocycles. The Balaban J connectivity index is 2.40. The SMILES string of the molecule is C/C=C/C=c1/[nH]c(=O)/c(=C/C=C/c2ccccc2)[nH]c1=O. The predicted octanol–water partition coefficient (Wildman–Crippen LogP) is 0.914. The Morgan fingerprint density at radius 3 is 2.00 bits per heavy atom. The summed E-state index contributed by atoms with van der Waals surface area (Å²) < 4.78 is 0. The largest absolute Gasteiger partial charge is 0.316 e. The number of aromatic amines is 2. The van der Waals surface area contributed by atoms with Gasteiger partial charge in [-0.15, -0.1) is 0 Å². The molecule has 0 fully saturated rings. The number of nitrogens with one attached hydrogen (secondary N) is 2. The van der Waals surface area contributed by atoms with E-state index in [1.807, 2.05) is 43.3 Å². The Kier molecular flexibility index (Phi) is 4.88. The van der Waals surface area contributed by atoms with Crippen LogP contribution in [0.3, 0.4) is 0 Å². The third kappa shape index (κ3) is 4.04. The normalized spacial score (nSPS) is 13.6. The van der Waals surface area contributed by atoms with Crippen LogP contribution in [0.4, 0.5) is 0 Å². The highest BCUT2D eigenvalue weighted by Crippen LogP contribution is 2.00. The summed E-state index contributed by atoms with van der Waals surface area (Å²) in [5.74, 6) is 0.